The van der Waals surface area contributed by atoms with Gasteiger partial charge in [-0.2, -0.15) is 0 Å². The molecule has 1 nitrogen and oxygen atoms in total. The van der Waals surface area contributed by atoms with Crippen LogP contribution >= 0.6 is 30.7 Å². The molecule has 2 heterocycles. The Morgan fingerprint density at radius 1 is 1.17 bits per heavy atom. The van der Waals surface area contributed by atoms with Crippen LogP contribution in [0.1, 0.15) is 28.0 Å². The van der Waals surface area contributed by atoms with E-state index in [4.69, 9.17) is 19.4 Å². The van der Waals surface area contributed by atoms with E-state index in [9.17, 15) is 0 Å². The Balaban J connectivity index is 0.000000252. The Morgan fingerprint density at radius 3 is 2.29 bits per heavy atom. The second-order valence-corrected chi connectivity index (χ2v) is 12.1. The number of hydrogen-bond donors (Lipinski definition) is 0. The molecule has 0 amide bonds. The predicted octanol–water partition coefficient (Wildman–Crippen LogP) is 6.61. The Bertz CT molecular complexity index is 681. The van der Waals surface area contributed by atoms with Crippen molar-refractivity contribution in [2.75, 3.05) is 11.4 Å². The van der Waals surface area contributed by atoms with Crippen LogP contribution in [0.15, 0.2) is 41.9 Å². The minimum atomic E-state index is -1.57. The third-order valence-corrected chi connectivity index (χ3v) is 6.45. The quantitative estimate of drug-likeness (QED) is 0.353. The van der Waals surface area contributed by atoms with Crippen molar-refractivity contribution >= 4 is 41.0 Å². The fraction of sp³-hybridized carbons (Fsp3) is 0.263. The summed E-state index contributed by atoms with van der Waals surface area (Å²) in [4.78, 5) is 3.53. The standard InChI is InChI=1S/C13H17N.C5H4S.CH3.2ClH.Ru/c1-10-8-11(2)13(12(3)9-10)14-6-4-5-7-14;1-5-3-2-4-6-5;;;;/h4,6,8-9H,5,7H2,1-3H3;1-4H;1H3;2*1H;/q;;-1;;;+2/p-2. The van der Waals surface area contributed by atoms with E-state index in [2.05, 4.69) is 50.1 Å². The number of thiophene rings is 1. The first-order chi connectivity index (χ1) is 11.0. The summed E-state index contributed by atoms with van der Waals surface area (Å²) in [6.07, 6.45) is 5.61. The number of benzene rings is 1. The predicted molar refractivity (Wildman–Crippen MR) is 109 cm³/mol. The van der Waals surface area contributed by atoms with Gasteiger partial charge in [0.25, 0.3) is 0 Å². The van der Waals surface area contributed by atoms with Gasteiger partial charge in [-0.05, 0) is 38.3 Å². The summed E-state index contributed by atoms with van der Waals surface area (Å²) in [5, 5.41) is 2.01. The van der Waals surface area contributed by atoms with E-state index in [0.717, 1.165) is 6.54 Å². The Hall–Kier alpha value is -0.467. The molecule has 1 aliphatic rings. The van der Waals surface area contributed by atoms with Crippen molar-refractivity contribution in [2.45, 2.75) is 27.2 Å². The number of rotatable bonds is 2. The van der Waals surface area contributed by atoms with E-state index >= 15 is 0 Å². The molecule has 0 aliphatic carbocycles. The van der Waals surface area contributed by atoms with Gasteiger partial charge in [-0.1, -0.05) is 23.8 Å². The Morgan fingerprint density at radius 2 is 1.83 bits per heavy atom. The van der Waals surface area contributed by atoms with Crippen LogP contribution < -0.4 is 4.90 Å². The van der Waals surface area contributed by atoms with E-state index in [-0.39, 0.29) is 7.43 Å². The zero-order valence-electron chi connectivity index (χ0n) is 14.5. The van der Waals surface area contributed by atoms with Crippen molar-refractivity contribution < 1.29 is 13.5 Å². The van der Waals surface area contributed by atoms with Gasteiger partial charge in [0.05, 0.1) is 0 Å². The first-order valence-corrected chi connectivity index (χ1v) is 13.7. The first kappa shape index (κ1) is 21.6. The molecule has 0 bridgehead atoms. The summed E-state index contributed by atoms with van der Waals surface area (Å²) in [5.74, 6) is 0. The average Bonchev–Trinajstić information content (AvgIpc) is 3.11. The monoisotopic (exact) mass is 470 g/mol. The molecule has 0 N–H and O–H groups in total. The first-order valence-electron chi connectivity index (χ1n) is 7.35. The summed E-state index contributed by atoms with van der Waals surface area (Å²) < 4.78 is 1.94. The molecule has 134 valence electrons. The third-order valence-electron chi connectivity index (χ3n) is 3.47. The molecule has 24 heavy (non-hydrogen) atoms. The molecule has 0 radical (unpaired) electrons. The molecule has 0 saturated heterocycles. The van der Waals surface area contributed by atoms with Crippen molar-refractivity contribution in [3.63, 3.8) is 0 Å². The van der Waals surface area contributed by atoms with Crippen LogP contribution in [0.25, 0.3) is 0 Å². The minimum absolute atomic E-state index is 0. The molecule has 0 saturated carbocycles. The fourth-order valence-corrected chi connectivity index (χ4v) is 6.16. The molecule has 1 aromatic heterocycles. The summed E-state index contributed by atoms with van der Waals surface area (Å²) >= 11 is 0.0926. The van der Waals surface area contributed by atoms with Crippen molar-refractivity contribution in [3.8, 4) is 0 Å². The molecule has 5 heteroatoms. The van der Waals surface area contributed by atoms with E-state index in [0.29, 0.717) is 0 Å². The van der Waals surface area contributed by atoms with Crippen molar-refractivity contribution in [2.24, 2.45) is 0 Å². The number of nitrogens with zero attached hydrogens (tertiary/aromatic N) is 1. The van der Waals surface area contributed by atoms with Gasteiger partial charge in [-0.3, -0.25) is 0 Å². The van der Waals surface area contributed by atoms with Gasteiger partial charge < -0.3 is 12.3 Å². The van der Waals surface area contributed by atoms with Crippen LogP contribution in [0.2, 0.25) is 0 Å². The topological polar surface area (TPSA) is 3.24 Å². The molecular formula is C19H24Cl2NRuS-. The van der Waals surface area contributed by atoms with Gasteiger partial charge in [-0.25, -0.2) is 0 Å². The van der Waals surface area contributed by atoms with Crippen LogP contribution in [0.4, 0.5) is 5.69 Å². The van der Waals surface area contributed by atoms with Gasteiger partial charge in [0, 0.05) is 18.4 Å². The number of halogens is 2. The SMILES string of the molecule is Cc1cc(C)c(N2C=CCC2)c(C)c1.[CH3-].[Cl][Ru]([Cl])=[CH]c1cccs1. The molecule has 3 rings (SSSR count). The zero-order chi connectivity index (χ0) is 16.8. The number of hydrogen-bond acceptors (Lipinski definition) is 2. The van der Waals surface area contributed by atoms with E-state index in [1.54, 1.807) is 11.3 Å². The summed E-state index contributed by atoms with van der Waals surface area (Å²) in [6, 6.07) is 8.52. The molecular weight excluding hydrogens is 446 g/mol. The summed E-state index contributed by atoms with van der Waals surface area (Å²) in [6.45, 7) is 7.68. The van der Waals surface area contributed by atoms with E-state index in [1.807, 2.05) is 22.1 Å². The van der Waals surface area contributed by atoms with Crippen LogP contribution in [-0.2, 0) is 13.5 Å². The van der Waals surface area contributed by atoms with Crippen LogP contribution in [0, 0.1) is 28.2 Å². The normalized spacial score (nSPS) is 13.0. The maximum atomic E-state index is 5.63. The maximum absolute atomic E-state index is 5.63. The van der Waals surface area contributed by atoms with Gasteiger partial charge in [0.15, 0.2) is 0 Å². The van der Waals surface area contributed by atoms with Gasteiger partial charge >= 0.3 is 71.2 Å². The average molecular weight is 470 g/mol. The van der Waals surface area contributed by atoms with Crippen LogP contribution in [-0.4, -0.2) is 11.2 Å². The molecule has 0 atom stereocenters. The molecule has 2 aromatic rings. The molecule has 1 aliphatic heterocycles. The van der Waals surface area contributed by atoms with Gasteiger partial charge in [0.2, 0.25) is 0 Å². The molecule has 0 spiro atoms. The number of aryl methyl sites for hydroxylation is 3. The Kier molecular flexibility index (Phi) is 9.45. The number of anilines is 1. The molecule has 1 aromatic carbocycles. The summed E-state index contributed by atoms with van der Waals surface area (Å²) in [7, 11) is 11.3. The van der Waals surface area contributed by atoms with Crippen LogP contribution in [0.3, 0.4) is 0 Å². The second kappa shape index (κ2) is 10.5. The Labute approximate surface area is 163 Å². The van der Waals surface area contributed by atoms with E-state index < -0.39 is 13.5 Å². The van der Waals surface area contributed by atoms with Crippen molar-refractivity contribution in [1.82, 2.24) is 0 Å². The van der Waals surface area contributed by atoms with E-state index in [1.165, 1.54) is 33.7 Å². The van der Waals surface area contributed by atoms with Crippen LogP contribution in [0.5, 0.6) is 0 Å². The second-order valence-electron chi connectivity index (χ2n) is 5.44. The third kappa shape index (κ3) is 6.44. The fourth-order valence-electron chi connectivity index (χ4n) is 2.73. The van der Waals surface area contributed by atoms with Gasteiger partial charge in [-0.15, -0.1) is 0 Å². The zero-order valence-corrected chi connectivity index (χ0v) is 18.6. The van der Waals surface area contributed by atoms with Gasteiger partial charge in [0.1, 0.15) is 0 Å². The van der Waals surface area contributed by atoms with Crippen molar-refractivity contribution in [1.29, 1.82) is 0 Å². The molecule has 0 fully saturated rings. The van der Waals surface area contributed by atoms with Crippen molar-refractivity contribution in [3.05, 3.63) is 70.9 Å². The molecule has 0 unspecified atom stereocenters. The summed E-state index contributed by atoms with van der Waals surface area (Å²) in [5.41, 5.74) is 5.51.